The molecule has 160 valence electrons. The average Bonchev–Trinajstić information content (AvgIpc) is 2.77. The second kappa shape index (κ2) is 8.45. The van der Waals surface area contributed by atoms with Gasteiger partial charge in [-0.25, -0.2) is 0 Å². The Morgan fingerprint density at radius 3 is 2.37 bits per heavy atom. The number of nitrogens with one attached hydrogen (secondary N) is 1. The molecule has 8 nitrogen and oxygen atoms in total. The van der Waals surface area contributed by atoms with Gasteiger partial charge < -0.3 is 20.0 Å². The van der Waals surface area contributed by atoms with Crippen LogP contribution in [0.1, 0.15) is 25.3 Å². The van der Waals surface area contributed by atoms with E-state index in [-0.39, 0.29) is 36.1 Å². The molecule has 0 saturated carbocycles. The first kappa shape index (κ1) is 20.4. The van der Waals surface area contributed by atoms with Gasteiger partial charge in [0.1, 0.15) is 12.1 Å². The first-order valence-electron chi connectivity index (χ1n) is 10.6. The molecule has 3 heterocycles. The van der Waals surface area contributed by atoms with Crippen molar-refractivity contribution in [2.45, 2.75) is 38.3 Å². The van der Waals surface area contributed by atoms with E-state index in [0.717, 1.165) is 5.56 Å². The minimum atomic E-state index is -0.625. The van der Waals surface area contributed by atoms with Gasteiger partial charge in [0, 0.05) is 45.4 Å². The van der Waals surface area contributed by atoms with E-state index >= 15 is 0 Å². The molecule has 3 saturated heterocycles. The number of piperidine rings is 1. The summed E-state index contributed by atoms with van der Waals surface area (Å²) in [5, 5.41) is 2.86. The van der Waals surface area contributed by atoms with Gasteiger partial charge in [0.05, 0.1) is 6.54 Å². The molecule has 8 heteroatoms. The largest absolute Gasteiger partial charge is 0.343 e. The number of carbonyl (C=O) groups excluding carboxylic acids is 4. The van der Waals surface area contributed by atoms with E-state index in [1.807, 2.05) is 30.3 Å². The maximum absolute atomic E-state index is 13.0. The van der Waals surface area contributed by atoms with Crippen molar-refractivity contribution in [3.8, 4) is 0 Å². The molecule has 0 aliphatic carbocycles. The van der Waals surface area contributed by atoms with Crippen molar-refractivity contribution in [3.63, 3.8) is 0 Å². The van der Waals surface area contributed by atoms with Gasteiger partial charge >= 0.3 is 0 Å². The molecule has 0 radical (unpaired) electrons. The van der Waals surface area contributed by atoms with E-state index in [1.165, 1.54) is 0 Å². The lowest BCUT2D eigenvalue weighted by Crippen LogP contribution is -2.70. The van der Waals surface area contributed by atoms with Gasteiger partial charge in [0.2, 0.25) is 23.6 Å². The minimum absolute atomic E-state index is 0.0320. The Hall–Kier alpha value is -2.90. The van der Waals surface area contributed by atoms with Gasteiger partial charge in [0.25, 0.3) is 0 Å². The predicted molar refractivity (Wildman–Crippen MR) is 109 cm³/mol. The number of hydrogen-bond acceptors (Lipinski definition) is 4. The highest BCUT2D eigenvalue weighted by Crippen LogP contribution is 2.24. The zero-order valence-corrected chi connectivity index (χ0v) is 17.3. The molecule has 0 bridgehead atoms. The highest BCUT2D eigenvalue weighted by Gasteiger charge is 2.45. The quantitative estimate of drug-likeness (QED) is 0.758. The lowest BCUT2D eigenvalue weighted by molar-refractivity contribution is -0.157. The van der Waals surface area contributed by atoms with E-state index in [4.69, 9.17) is 0 Å². The SMILES string of the molecule is CC(=O)N1CCC(C(=O)N2CCN3C(=O)[C@@H](Cc4ccccc4)NC(=O)[C@H]3C2)CC1. The number of nitrogens with zero attached hydrogens (tertiary/aromatic N) is 3. The van der Waals surface area contributed by atoms with Crippen LogP contribution < -0.4 is 5.32 Å². The van der Waals surface area contributed by atoms with Crippen LogP contribution in [0.15, 0.2) is 30.3 Å². The summed E-state index contributed by atoms with van der Waals surface area (Å²) in [5.41, 5.74) is 1.00. The van der Waals surface area contributed by atoms with Crippen molar-refractivity contribution in [1.82, 2.24) is 20.0 Å². The molecule has 0 unspecified atom stereocenters. The fourth-order valence-electron chi connectivity index (χ4n) is 4.69. The van der Waals surface area contributed by atoms with Gasteiger partial charge in [-0.3, -0.25) is 19.2 Å². The second-order valence-electron chi connectivity index (χ2n) is 8.36. The van der Waals surface area contributed by atoms with Crippen molar-refractivity contribution in [2.75, 3.05) is 32.7 Å². The Morgan fingerprint density at radius 2 is 1.70 bits per heavy atom. The van der Waals surface area contributed by atoms with E-state index in [0.29, 0.717) is 45.4 Å². The number of benzene rings is 1. The van der Waals surface area contributed by atoms with Gasteiger partial charge in [-0.05, 0) is 18.4 Å². The van der Waals surface area contributed by atoms with Crippen LogP contribution in [0.3, 0.4) is 0 Å². The van der Waals surface area contributed by atoms with Crippen LogP contribution in [0.2, 0.25) is 0 Å². The maximum atomic E-state index is 13.0. The lowest BCUT2D eigenvalue weighted by atomic mass is 9.93. The first-order chi connectivity index (χ1) is 14.4. The van der Waals surface area contributed by atoms with E-state index in [9.17, 15) is 19.2 Å². The molecule has 1 N–H and O–H groups in total. The molecule has 3 aliphatic rings. The van der Waals surface area contributed by atoms with Crippen LogP contribution in [0.5, 0.6) is 0 Å². The van der Waals surface area contributed by atoms with Crippen LogP contribution in [0, 0.1) is 5.92 Å². The third-order valence-electron chi connectivity index (χ3n) is 6.46. The minimum Gasteiger partial charge on any atom is -0.343 e. The van der Waals surface area contributed by atoms with Crippen LogP contribution in [-0.4, -0.2) is 83.1 Å². The number of carbonyl (C=O) groups is 4. The molecular formula is C22H28N4O4. The summed E-state index contributed by atoms with van der Waals surface area (Å²) < 4.78 is 0. The highest BCUT2D eigenvalue weighted by molar-refractivity contribution is 5.98. The fraction of sp³-hybridized carbons (Fsp3) is 0.545. The fourth-order valence-corrected chi connectivity index (χ4v) is 4.69. The predicted octanol–water partition coefficient (Wildman–Crippen LogP) is 0.0254. The normalized spacial score (nSPS) is 25.0. The first-order valence-corrected chi connectivity index (χ1v) is 10.6. The molecule has 2 atom stereocenters. The number of amides is 4. The standard InChI is InChI=1S/C22H28N4O4/c1-15(27)24-9-7-17(8-10-24)21(29)25-11-12-26-19(14-25)20(28)23-18(22(26)30)13-16-5-3-2-4-6-16/h2-6,17-19H,7-14H2,1H3,(H,23,28)/t18-,19-/m1/s1. The summed E-state index contributed by atoms with van der Waals surface area (Å²) in [5.74, 6) is -0.327. The summed E-state index contributed by atoms with van der Waals surface area (Å²) in [6.07, 6.45) is 1.76. The zero-order chi connectivity index (χ0) is 21.3. The van der Waals surface area contributed by atoms with Crippen molar-refractivity contribution in [2.24, 2.45) is 5.92 Å². The monoisotopic (exact) mass is 412 g/mol. The summed E-state index contributed by atoms with van der Waals surface area (Å²) in [4.78, 5) is 55.3. The third-order valence-corrected chi connectivity index (χ3v) is 6.46. The van der Waals surface area contributed by atoms with Gasteiger partial charge in [-0.2, -0.15) is 0 Å². The van der Waals surface area contributed by atoms with E-state index < -0.39 is 12.1 Å². The zero-order valence-electron chi connectivity index (χ0n) is 17.3. The number of fused-ring (bicyclic) bond motifs is 1. The molecule has 0 spiro atoms. The maximum Gasteiger partial charge on any atom is 0.246 e. The molecule has 4 amide bonds. The van der Waals surface area contributed by atoms with Crippen LogP contribution in [0.25, 0.3) is 0 Å². The number of rotatable bonds is 3. The summed E-state index contributed by atoms with van der Waals surface area (Å²) in [7, 11) is 0. The molecule has 3 aliphatic heterocycles. The number of piperazine rings is 2. The Labute approximate surface area is 176 Å². The van der Waals surface area contributed by atoms with Crippen LogP contribution in [-0.2, 0) is 25.6 Å². The van der Waals surface area contributed by atoms with Crippen molar-refractivity contribution in [1.29, 1.82) is 0 Å². The number of hydrogen-bond donors (Lipinski definition) is 1. The molecule has 4 rings (SSSR count). The summed E-state index contributed by atoms with van der Waals surface area (Å²) >= 11 is 0. The van der Waals surface area contributed by atoms with Crippen LogP contribution >= 0.6 is 0 Å². The van der Waals surface area contributed by atoms with E-state index in [2.05, 4.69) is 5.32 Å². The van der Waals surface area contributed by atoms with Crippen molar-refractivity contribution >= 4 is 23.6 Å². The molecule has 1 aromatic carbocycles. The lowest BCUT2D eigenvalue weighted by Gasteiger charge is -2.46. The molecule has 0 aromatic heterocycles. The van der Waals surface area contributed by atoms with E-state index in [1.54, 1.807) is 21.6 Å². The summed E-state index contributed by atoms with van der Waals surface area (Å²) in [6.45, 7) is 3.79. The molecule has 1 aromatic rings. The number of likely N-dealkylation sites (tertiary alicyclic amines) is 1. The molecule has 3 fully saturated rings. The van der Waals surface area contributed by atoms with Crippen molar-refractivity contribution in [3.05, 3.63) is 35.9 Å². The topological polar surface area (TPSA) is 90.0 Å². The van der Waals surface area contributed by atoms with Crippen LogP contribution in [0.4, 0.5) is 0 Å². The average molecular weight is 412 g/mol. The Balaban J connectivity index is 1.37. The third kappa shape index (κ3) is 4.04. The van der Waals surface area contributed by atoms with Gasteiger partial charge in [-0.15, -0.1) is 0 Å². The summed E-state index contributed by atoms with van der Waals surface area (Å²) in [6, 6.07) is 8.45. The smallest absolute Gasteiger partial charge is 0.246 e. The van der Waals surface area contributed by atoms with Crippen molar-refractivity contribution < 1.29 is 19.2 Å². The Kier molecular flexibility index (Phi) is 5.74. The molecule has 30 heavy (non-hydrogen) atoms. The second-order valence-corrected chi connectivity index (χ2v) is 8.36. The van der Waals surface area contributed by atoms with Gasteiger partial charge in [-0.1, -0.05) is 30.3 Å². The Morgan fingerprint density at radius 1 is 1.00 bits per heavy atom. The highest BCUT2D eigenvalue weighted by atomic mass is 16.2. The molecular weight excluding hydrogens is 384 g/mol. The van der Waals surface area contributed by atoms with Gasteiger partial charge in [0.15, 0.2) is 0 Å². The Bertz CT molecular complexity index is 835.